The highest BCUT2D eigenvalue weighted by Crippen LogP contribution is 2.45. The highest BCUT2D eigenvalue weighted by atomic mass is 31.2. The van der Waals surface area contributed by atoms with Crippen molar-refractivity contribution in [2.24, 2.45) is 23.7 Å². The fraction of sp³-hybridized carbons (Fsp3) is 0.946. The molecule has 0 rings (SSSR count). The van der Waals surface area contributed by atoms with Gasteiger partial charge in [-0.15, -0.1) is 0 Å². The molecule has 0 amide bonds. The molecule has 0 aliphatic carbocycles. The van der Waals surface area contributed by atoms with E-state index in [0.29, 0.717) is 31.6 Å². The lowest BCUT2D eigenvalue weighted by Crippen LogP contribution is -2.30. The van der Waals surface area contributed by atoms with Gasteiger partial charge in [-0.3, -0.25) is 37.3 Å². The molecule has 0 bridgehead atoms. The van der Waals surface area contributed by atoms with E-state index in [-0.39, 0.29) is 25.7 Å². The predicted molar refractivity (Wildman–Crippen MR) is 377 cm³/mol. The summed E-state index contributed by atoms with van der Waals surface area (Å²) in [6.07, 6.45) is 47.2. The van der Waals surface area contributed by atoms with E-state index in [1.54, 1.807) is 0 Å². The summed E-state index contributed by atoms with van der Waals surface area (Å²) in [4.78, 5) is 72.7. The topological polar surface area (TPSA) is 237 Å². The minimum Gasteiger partial charge on any atom is -0.462 e. The maximum Gasteiger partial charge on any atom is 0.472 e. The Kier molecular flexibility index (Phi) is 62.2. The monoisotopic (exact) mass is 1370 g/mol. The van der Waals surface area contributed by atoms with Crippen LogP contribution in [0, 0.1) is 23.7 Å². The minimum atomic E-state index is -4.96. The zero-order valence-electron chi connectivity index (χ0n) is 60.9. The molecule has 0 aromatic carbocycles. The second-order valence-corrected chi connectivity index (χ2v) is 31.3. The van der Waals surface area contributed by atoms with E-state index in [1.807, 2.05) is 0 Å². The Morgan fingerprint density at radius 1 is 0.301 bits per heavy atom. The molecule has 0 fully saturated rings. The first-order valence-corrected chi connectivity index (χ1v) is 41.2. The van der Waals surface area contributed by atoms with Crippen LogP contribution < -0.4 is 0 Å². The maximum atomic E-state index is 13.1. The molecule has 6 atom stereocenters. The van der Waals surface area contributed by atoms with Gasteiger partial charge in [0.2, 0.25) is 0 Å². The van der Waals surface area contributed by atoms with Crippen LogP contribution in [0.3, 0.4) is 0 Å². The van der Waals surface area contributed by atoms with Gasteiger partial charge in [0.05, 0.1) is 26.4 Å². The van der Waals surface area contributed by atoms with Crippen molar-refractivity contribution in [1.82, 2.24) is 0 Å². The second-order valence-electron chi connectivity index (χ2n) is 28.4. The van der Waals surface area contributed by atoms with Crippen LogP contribution in [0.4, 0.5) is 0 Å². The van der Waals surface area contributed by atoms with Gasteiger partial charge in [-0.1, -0.05) is 319 Å². The summed E-state index contributed by atoms with van der Waals surface area (Å²) in [5, 5.41) is 10.6. The lowest BCUT2D eigenvalue weighted by atomic mass is 9.99. The lowest BCUT2D eigenvalue weighted by molar-refractivity contribution is -0.161. The maximum absolute atomic E-state index is 13.1. The molecule has 0 aromatic rings. The van der Waals surface area contributed by atoms with E-state index in [0.717, 1.165) is 114 Å². The number of carbonyl (C=O) groups excluding carboxylic acids is 4. The summed E-state index contributed by atoms with van der Waals surface area (Å²) in [7, 11) is -9.91. The zero-order chi connectivity index (χ0) is 68.9. The number of rotatable bonds is 71. The van der Waals surface area contributed by atoms with E-state index in [1.165, 1.54) is 167 Å². The van der Waals surface area contributed by atoms with Gasteiger partial charge >= 0.3 is 39.5 Å². The number of hydrogen-bond acceptors (Lipinski definition) is 15. The Labute approximate surface area is 568 Å². The van der Waals surface area contributed by atoms with Gasteiger partial charge in [0.25, 0.3) is 0 Å². The molecule has 0 saturated carbocycles. The molecule has 0 heterocycles. The number of unbranched alkanes of at least 4 members (excludes halogenated alkanes) is 36. The van der Waals surface area contributed by atoms with Crippen LogP contribution in [0.2, 0.25) is 0 Å². The number of phosphoric ester groups is 2. The number of carbonyl (C=O) groups is 4. The summed E-state index contributed by atoms with van der Waals surface area (Å²) >= 11 is 0. The van der Waals surface area contributed by atoms with Gasteiger partial charge in [0, 0.05) is 25.7 Å². The van der Waals surface area contributed by atoms with Crippen molar-refractivity contribution in [2.45, 2.75) is 388 Å². The average Bonchev–Trinajstić information content (AvgIpc) is 2.94. The van der Waals surface area contributed by atoms with Crippen LogP contribution in [-0.4, -0.2) is 96.7 Å². The molecular weight excluding hydrogens is 1220 g/mol. The van der Waals surface area contributed by atoms with Crippen molar-refractivity contribution in [2.75, 3.05) is 39.6 Å². The Morgan fingerprint density at radius 3 is 0.763 bits per heavy atom. The minimum absolute atomic E-state index is 0.105. The lowest BCUT2D eigenvalue weighted by Gasteiger charge is -2.21. The van der Waals surface area contributed by atoms with Gasteiger partial charge in [0.1, 0.15) is 19.3 Å². The third-order valence-electron chi connectivity index (χ3n) is 17.4. The van der Waals surface area contributed by atoms with Crippen molar-refractivity contribution >= 4 is 39.5 Å². The fourth-order valence-corrected chi connectivity index (χ4v) is 12.7. The van der Waals surface area contributed by atoms with Crippen LogP contribution in [0.15, 0.2) is 0 Å². The van der Waals surface area contributed by atoms with Crippen molar-refractivity contribution in [3.8, 4) is 0 Å². The van der Waals surface area contributed by atoms with Gasteiger partial charge in [-0.25, -0.2) is 9.13 Å². The predicted octanol–water partition coefficient (Wildman–Crippen LogP) is 21.3. The number of ether oxygens (including phenoxy) is 4. The molecule has 4 unspecified atom stereocenters. The van der Waals surface area contributed by atoms with Crippen LogP contribution in [0.5, 0.6) is 0 Å². The molecule has 19 heteroatoms. The molecule has 0 spiro atoms. The summed E-state index contributed by atoms with van der Waals surface area (Å²) < 4.78 is 68.4. The Bertz CT molecular complexity index is 1840. The molecule has 0 aliphatic heterocycles. The third-order valence-corrected chi connectivity index (χ3v) is 19.3. The van der Waals surface area contributed by atoms with Crippen LogP contribution >= 0.6 is 15.6 Å². The summed E-state index contributed by atoms with van der Waals surface area (Å²) in [5.74, 6) is 0.919. The van der Waals surface area contributed by atoms with Crippen LogP contribution in [0.25, 0.3) is 0 Å². The van der Waals surface area contributed by atoms with Crippen LogP contribution in [0.1, 0.15) is 370 Å². The summed E-state index contributed by atoms with van der Waals surface area (Å²) in [6, 6.07) is 0. The van der Waals surface area contributed by atoms with Crippen molar-refractivity contribution in [3.63, 3.8) is 0 Å². The third kappa shape index (κ3) is 67.0. The first-order valence-electron chi connectivity index (χ1n) is 38.2. The fourth-order valence-electron chi connectivity index (χ4n) is 11.2. The molecule has 3 N–H and O–H groups in total. The molecule has 93 heavy (non-hydrogen) atoms. The quantitative estimate of drug-likeness (QED) is 0.0222. The number of aliphatic hydroxyl groups excluding tert-OH is 1. The second kappa shape index (κ2) is 63.5. The van der Waals surface area contributed by atoms with Crippen molar-refractivity contribution < 1.29 is 80.2 Å². The first-order chi connectivity index (χ1) is 44.6. The molecular formula is C74H144O17P2. The largest absolute Gasteiger partial charge is 0.472 e. The number of esters is 4. The number of aliphatic hydroxyl groups is 1. The van der Waals surface area contributed by atoms with Gasteiger partial charge < -0.3 is 33.8 Å². The number of phosphoric acid groups is 2. The van der Waals surface area contributed by atoms with E-state index in [9.17, 15) is 43.2 Å². The van der Waals surface area contributed by atoms with E-state index in [4.69, 9.17) is 37.0 Å². The summed E-state index contributed by atoms with van der Waals surface area (Å²) in [6.45, 7) is 14.2. The molecule has 0 aliphatic rings. The summed E-state index contributed by atoms with van der Waals surface area (Å²) in [5.41, 5.74) is 0. The van der Waals surface area contributed by atoms with E-state index >= 15 is 0 Å². The Hall–Kier alpha value is -1.94. The highest BCUT2D eigenvalue weighted by molar-refractivity contribution is 7.47. The molecule has 0 aromatic heterocycles. The smallest absolute Gasteiger partial charge is 0.462 e. The van der Waals surface area contributed by atoms with Gasteiger partial charge in [0.15, 0.2) is 12.2 Å². The number of hydrogen-bond donors (Lipinski definition) is 3. The molecule has 0 radical (unpaired) electrons. The van der Waals surface area contributed by atoms with Crippen molar-refractivity contribution in [1.29, 1.82) is 0 Å². The van der Waals surface area contributed by atoms with E-state index < -0.39 is 97.5 Å². The highest BCUT2D eigenvalue weighted by Gasteiger charge is 2.30. The van der Waals surface area contributed by atoms with Gasteiger partial charge in [-0.2, -0.15) is 0 Å². The molecule has 0 saturated heterocycles. The SMILES string of the molecule is CCC(C)CCCCCCCCCCC(=O)OC[C@H](COP(=O)(O)OCC(O)COP(=O)(O)OC[C@@H](COC(=O)CCCCCCCCCC(C)C)OC(=O)CCCCCCCCCCCCCC(C)C)OC(=O)CCCCCCCCCCCCCCCCC(C)C. The molecule has 17 nitrogen and oxygen atoms in total. The normalized spacial score (nSPS) is 14.5. The van der Waals surface area contributed by atoms with Crippen LogP contribution in [-0.2, 0) is 65.4 Å². The first kappa shape index (κ1) is 91.1. The average molecular weight is 1370 g/mol. The Morgan fingerprint density at radius 2 is 0.516 bits per heavy atom. The molecule has 552 valence electrons. The zero-order valence-corrected chi connectivity index (χ0v) is 62.7. The van der Waals surface area contributed by atoms with E-state index in [2.05, 4.69) is 55.4 Å². The van der Waals surface area contributed by atoms with Crippen molar-refractivity contribution in [3.05, 3.63) is 0 Å². The standard InChI is InChI=1S/C74H144O17P2/c1-9-67(8)53-45-37-29-23-24-30-38-46-54-71(76)84-60-69(90-73(78)56-48-40-31-21-17-13-11-10-12-15-19-26-34-42-50-64(2)3)62-88-92(80,81)86-58-68(75)59-87-93(82,83)89-63-70(61-85-72(77)55-47-39-33-25-28-36-44-52-66(6)7)91-74(79)57-49-41-32-22-18-14-16-20-27-35-43-51-65(4)5/h64-70,75H,9-63H2,1-8H3,(H,80,81)(H,82,83)/t67?,68?,69-,70-/m1/s1. The van der Waals surface area contributed by atoms with Gasteiger partial charge in [-0.05, 0) is 49.4 Å². The Balaban J connectivity index is 5.25.